The van der Waals surface area contributed by atoms with Crippen molar-refractivity contribution >= 4 is 43.5 Å². The van der Waals surface area contributed by atoms with Gasteiger partial charge in [-0.1, -0.05) is 79.4 Å². The number of hydrogen-bond acceptors (Lipinski definition) is 0. The topological polar surface area (TPSA) is 0 Å². The van der Waals surface area contributed by atoms with Crippen molar-refractivity contribution in [2.75, 3.05) is 10.7 Å². The van der Waals surface area contributed by atoms with Crippen LogP contribution in [-0.4, -0.2) is 10.7 Å². The monoisotopic (exact) mass is 432 g/mol. The predicted molar refractivity (Wildman–Crippen MR) is 95.6 cm³/mol. The van der Waals surface area contributed by atoms with Gasteiger partial charge < -0.3 is 0 Å². The summed E-state index contributed by atoms with van der Waals surface area (Å²) >= 11 is 13.0. The van der Waals surface area contributed by atoms with Crippen molar-refractivity contribution in [1.82, 2.24) is 0 Å². The van der Waals surface area contributed by atoms with E-state index in [1.807, 2.05) is 0 Å². The molecule has 2 rings (SSSR count). The molecule has 2 aromatic carbocycles. The third kappa shape index (κ3) is 3.88. The molecule has 0 aliphatic carbocycles. The van der Waals surface area contributed by atoms with Crippen molar-refractivity contribution in [2.45, 2.75) is 18.8 Å². The van der Waals surface area contributed by atoms with Crippen LogP contribution in [0, 0.1) is 12.7 Å². The SMILES string of the molecule is Cc1ccc(C(CBr)(CBr)Cc2ccc(Cl)cc2F)cc1. The van der Waals surface area contributed by atoms with Crippen molar-refractivity contribution in [3.8, 4) is 0 Å². The Morgan fingerprint density at radius 2 is 1.67 bits per heavy atom. The van der Waals surface area contributed by atoms with Gasteiger partial charge >= 0.3 is 0 Å². The largest absolute Gasteiger partial charge is 0.207 e. The summed E-state index contributed by atoms with van der Waals surface area (Å²) < 4.78 is 14.1. The summed E-state index contributed by atoms with van der Waals surface area (Å²) in [5, 5.41) is 1.92. The zero-order valence-corrected chi connectivity index (χ0v) is 15.6. The second-order valence-corrected chi connectivity index (χ2v) is 6.88. The highest BCUT2D eigenvalue weighted by Crippen LogP contribution is 2.34. The van der Waals surface area contributed by atoms with Gasteiger partial charge in [-0.2, -0.15) is 0 Å². The number of aryl methyl sites for hydroxylation is 1. The van der Waals surface area contributed by atoms with Crippen LogP contribution in [-0.2, 0) is 11.8 Å². The van der Waals surface area contributed by atoms with E-state index in [4.69, 9.17) is 11.6 Å². The fraction of sp³-hybridized carbons (Fsp3) is 0.294. The molecule has 0 aliphatic heterocycles. The standard InChI is InChI=1S/C17H16Br2ClF/c1-12-2-5-14(6-3-12)17(10-18,11-19)9-13-4-7-15(20)8-16(13)21/h2-8H,9-11H2,1H3. The van der Waals surface area contributed by atoms with E-state index in [0.717, 1.165) is 10.7 Å². The molecule has 0 atom stereocenters. The maximum Gasteiger partial charge on any atom is 0.127 e. The van der Waals surface area contributed by atoms with Crippen LogP contribution in [0.3, 0.4) is 0 Å². The summed E-state index contributed by atoms with van der Waals surface area (Å²) in [4.78, 5) is 0. The van der Waals surface area contributed by atoms with Gasteiger partial charge in [0.2, 0.25) is 0 Å². The number of halogens is 4. The molecule has 0 radical (unpaired) electrons. The first-order valence-corrected chi connectivity index (χ1v) is 9.26. The molecule has 0 heterocycles. The first kappa shape index (κ1) is 17.0. The molecule has 112 valence electrons. The van der Waals surface area contributed by atoms with E-state index in [1.165, 1.54) is 17.2 Å². The first-order valence-electron chi connectivity index (χ1n) is 6.64. The molecule has 0 amide bonds. The molecule has 0 nitrogen and oxygen atoms in total. The third-order valence-electron chi connectivity index (χ3n) is 3.72. The van der Waals surface area contributed by atoms with Gasteiger partial charge in [0.25, 0.3) is 0 Å². The second-order valence-electron chi connectivity index (χ2n) is 5.33. The van der Waals surface area contributed by atoms with E-state index >= 15 is 0 Å². The molecule has 0 fully saturated rings. The van der Waals surface area contributed by atoms with Crippen LogP contribution < -0.4 is 0 Å². The van der Waals surface area contributed by atoms with Crippen LogP contribution in [0.15, 0.2) is 42.5 Å². The zero-order chi connectivity index (χ0) is 15.5. The molecule has 0 aromatic heterocycles. The van der Waals surface area contributed by atoms with Crippen LogP contribution in [0.2, 0.25) is 5.02 Å². The van der Waals surface area contributed by atoms with Crippen LogP contribution in [0.5, 0.6) is 0 Å². The minimum Gasteiger partial charge on any atom is -0.207 e. The van der Waals surface area contributed by atoms with Gasteiger partial charge in [0.05, 0.1) is 0 Å². The number of alkyl halides is 2. The lowest BCUT2D eigenvalue weighted by atomic mass is 9.79. The number of benzene rings is 2. The van der Waals surface area contributed by atoms with E-state index in [2.05, 4.69) is 63.0 Å². The van der Waals surface area contributed by atoms with E-state index in [-0.39, 0.29) is 11.2 Å². The van der Waals surface area contributed by atoms with Gasteiger partial charge in [-0.25, -0.2) is 4.39 Å². The first-order chi connectivity index (χ1) is 10.0. The highest BCUT2D eigenvalue weighted by Gasteiger charge is 2.31. The van der Waals surface area contributed by atoms with E-state index in [1.54, 1.807) is 12.1 Å². The van der Waals surface area contributed by atoms with Gasteiger partial charge in [0, 0.05) is 21.1 Å². The van der Waals surface area contributed by atoms with Crippen LogP contribution in [0.1, 0.15) is 16.7 Å². The van der Waals surface area contributed by atoms with Gasteiger partial charge in [-0.3, -0.25) is 0 Å². The summed E-state index contributed by atoms with van der Waals surface area (Å²) in [6.45, 7) is 2.06. The van der Waals surface area contributed by atoms with Crippen molar-refractivity contribution < 1.29 is 4.39 Å². The van der Waals surface area contributed by atoms with E-state index < -0.39 is 0 Å². The van der Waals surface area contributed by atoms with E-state index in [0.29, 0.717) is 17.0 Å². The Morgan fingerprint density at radius 3 is 2.19 bits per heavy atom. The quantitative estimate of drug-likeness (QED) is 0.502. The third-order valence-corrected chi connectivity index (χ3v) is 6.10. The fourth-order valence-corrected chi connectivity index (χ4v) is 4.45. The maximum atomic E-state index is 14.1. The molecule has 21 heavy (non-hydrogen) atoms. The lowest BCUT2D eigenvalue weighted by Crippen LogP contribution is -2.33. The Hall–Kier alpha value is -0.380. The highest BCUT2D eigenvalue weighted by molar-refractivity contribution is 9.09. The fourth-order valence-electron chi connectivity index (χ4n) is 2.32. The molecule has 0 unspecified atom stereocenters. The molecular weight excluding hydrogens is 418 g/mol. The van der Waals surface area contributed by atoms with E-state index in [9.17, 15) is 4.39 Å². The highest BCUT2D eigenvalue weighted by atomic mass is 79.9. The Kier molecular flexibility index (Phi) is 5.87. The lowest BCUT2D eigenvalue weighted by Gasteiger charge is -2.31. The molecule has 0 aliphatic rings. The second kappa shape index (κ2) is 7.26. The molecule has 0 saturated carbocycles. The summed E-state index contributed by atoms with van der Waals surface area (Å²) in [6.07, 6.45) is 0.607. The molecule has 0 spiro atoms. The number of rotatable bonds is 5. The van der Waals surface area contributed by atoms with Crippen LogP contribution in [0.4, 0.5) is 4.39 Å². The Balaban J connectivity index is 2.40. The Bertz CT molecular complexity index is 607. The molecular formula is C17H16Br2ClF. The Morgan fingerprint density at radius 1 is 1.05 bits per heavy atom. The summed E-state index contributed by atoms with van der Waals surface area (Å²) in [6, 6.07) is 13.3. The lowest BCUT2D eigenvalue weighted by molar-refractivity contribution is 0.523. The average molecular weight is 435 g/mol. The normalized spacial score (nSPS) is 11.7. The van der Waals surface area contributed by atoms with Gasteiger partial charge in [0.15, 0.2) is 0 Å². The van der Waals surface area contributed by atoms with Crippen molar-refractivity contribution in [3.63, 3.8) is 0 Å². The smallest absolute Gasteiger partial charge is 0.127 e. The molecule has 2 aromatic rings. The predicted octanol–water partition coefficient (Wildman–Crippen LogP) is 6.06. The number of hydrogen-bond donors (Lipinski definition) is 0. The molecule has 0 N–H and O–H groups in total. The van der Waals surface area contributed by atoms with Crippen molar-refractivity contribution in [3.05, 3.63) is 70.0 Å². The minimum atomic E-state index is -0.249. The zero-order valence-electron chi connectivity index (χ0n) is 11.7. The summed E-state index contributed by atoms with van der Waals surface area (Å²) in [7, 11) is 0. The van der Waals surface area contributed by atoms with Gasteiger partial charge in [-0.15, -0.1) is 0 Å². The Labute approximate surface area is 147 Å². The van der Waals surface area contributed by atoms with Crippen molar-refractivity contribution in [2.24, 2.45) is 0 Å². The minimum absolute atomic E-state index is 0.192. The maximum absolute atomic E-state index is 14.1. The molecule has 4 heteroatoms. The summed E-state index contributed by atoms with van der Waals surface area (Å²) in [5.41, 5.74) is 2.90. The van der Waals surface area contributed by atoms with Crippen molar-refractivity contribution in [1.29, 1.82) is 0 Å². The van der Waals surface area contributed by atoms with Crippen LogP contribution in [0.25, 0.3) is 0 Å². The summed E-state index contributed by atoms with van der Waals surface area (Å²) in [5.74, 6) is -0.249. The van der Waals surface area contributed by atoms with Crippen LogP contribution >= 0.6 is 43.5 Å². The molecule has 0 saturated heterocycles. The molecule has 0 bridgehead atoms. The van der Waals surface area contributed by atoms with Gasteiger partial charge in [-0.05, 0) is 36.6 Å². The van der Waals surface area contributed by atoms with Gasteiger partial charge in [0.1, 0.15) is 5.82 Å². The average Bonchev–Trinajstić information content (AvgIpc) is 2.48.